The summed E-state index contributed by atoms with van der Waals surface area (Å²) in [6, 6.07) is 0. The third-order valence-corrected chi connectivity index (χ3v) is 2.61. The van der Waals surface area contributed by atoms with Crippen LogP contribution in [0.25, 0.3) is 0 Å². The molecule has 1 aliphatic carbocycles. The lowest BCUT2D eigenvalue weighted by atomic mass is 10.1. The van der Waals surface area contributed by atoms with Crippen molar-refractivity contribution in [1.29, 1.82) is 0 Å². The van der Waals surface area contributed by atoms with Crippen molar-refractivity contribution in [2.75, 3.05) is 6.54 Å². The fourth-order valence-corrected chi connectivity index (χ4v) is 1.56. The highest BCUT2D eigenvalue weighted by molar-refractivity contribution is 5.78. The Morgan fingerprint density at radius 1 is 1.64 bits per heavy atom. The largest absolute Gasteiger partial charge is 0.481 e. The number of carbonyl (C=O) groups excluding carboxylic acids is 1. The van der Waals surface area contributed by atoms with Crippen molar-refractivity contribution in [1.82, 2.24) is 5.32 Å². The van der Waals surface area contributed by atoms with E-state index in [-0.39, 0.29) is 5.91 Å². The molecule has 5 heteroatoms. The first-order valence-corrected chi connectivity index (χ1v) is 4.78. The Balaban J connectivity index is 2.26. The molecular weight excluding hydrogens is 184 g/mol. The van der Waals surface area contributed by atoms with Gasteiger partial charge in [0, 0.05) is 18.5 Å². The molecule has 4 N–H and O–H groups in total. The fraction of sp³-hybridized carbons (Fsp3) is 0.778. The van der Waals surface area contributed by atoms with Crippen LogP contribution >= 0.6 is 0 Å². The van der Waals surface area contributed by atoms with E-state index < -0.39 is 17.4 Å². The summed E-state index contributed by atoms with van der Waals surface area (Å²) in [6.45, 7) is 2.44. The first-order chi connectivity index (χ1) is 6.49. The van der Waals surface area contributed by atoms with Crippen molar-refractivity contribution in [3.8, 4) is 0 Å². The Morgan fingerprint density at radius 2 is 2.29 bits per heavy atom. The number of aliphatic carboxylic acids is 1. The Morgan fingerprint density at radius 3 is 2.71 bits per heavy atom. The second-order valence-electron chi connectivity index (χ2n) is 3.78. The lowest BCUT2D eigenvalue weighted by molar-refractivity contribution is -0.139. The van der Waals surface area contributed by atoms with Crippen LogP contribution in [0.15, 0.2) is 0 Å². The number of carboxylic acid groups (broad SMARTS) is 1. The van der Waals surface area contributed by atoms with Crippen LogP contribution in [0.4, 0.5) is 0 Å². The van der Waals surface area contributed by atoms with Crippen LogP contribution in [-0.4, -0.2) is 29.1 Å². The van der Waals surface area contributed by atoms with Gasteiger partial charge in [-0.25, -0.2) is 0 Å². The molecule has 5 nitrogen and oxygen atoms in total. The zero-order chi connectivity index (χ0) is 10.8. The van der Waals surface area contributed by atoms with Gasteiger partial charge in [-0.3, -0.25) is 9.59 Å². The molecule has 0 saturated heterocycles. The molecule has 2 atom stereocenters. The minimum Gasteiger partial charge on any atom is -0.481 e. The van der Waals surface area contributed by atoms with Crippen LogP contribution in [0.2, 0.25) is 0 Å². The number of hydrogen-bond acceptors (Lipinski definition) is 3. The summed E-state index contributed by atoms with van der Waals surface area (Å²) in [6.07, 6.45) is 1.26. The molecule has 0 spiro atoms. The second kappa shape index (κ2) is 3.96. The van der Waals surface area contributed by atoms with Crippen LogP contribution < -0.4 is 11.1 Å². The van der Waals surface area contributed by atoms with Gasteiger partial charge in [-0.05, 0) is 19.8 Å². The molecule has 0 bridgehead atoms. The summed E-state index contributed by atoms with van der Waals surface area (Å²) in [5.41, 5.74) is 5.13. The lowest BCUT2D eigenvalue weighted by Crippen LogP contribution is -2.31. The molecule has 0 aromatic heterocycles. The highest BCUT2D eigenvalue weighted by Gasteiger charge is 2.55. The average molecular weight is 200 g/mol. The van der Waals surface area contributed by atoms with Crippen LogP contribution in [0.1, 0.15) is 26.2 Å². The SMILES string of the molecule is CCNC(=O)CCC1(N)CC1C(=O)O. The average Bonchev–Trinajstić information content (AvgIpc) is 2.77. The Bertz CT molecular complexity index is 254. The lowest BCUT2D eigenvalue weighted by Gasteiger charge is -2.09. The van der Waals surface area contributed by atoms with E-state index in [2.05, 4.69) is 5.32 Å². The smallest absolute Gasteiger partial charge is 0.308 e. The van der Waals surface area contributed by atoms with Crippen molar-refractivity contribution < 1.29 is 14.7 Å². The number of carbonyl (C=O) groups is 2. The van der Waals surface area contributed by atoms with Crippen LogP contribution in [0, 0.1) is 5.92 Å². The van der Waals surface area contributed by atoms with Crippen LogP contribution in [0.5, 0.6) is 0 Å². The number of nitrogens with one attached hydrogen (secondary N) is 1. The first kappa shape index (κ1) is 11.0. The van der Waals surface area contributed by atoms with E-state index in [1.165, 1.54) is 0 Å². The number of nitrogens with two attached hydrogens (primary N) is 1. The molecule has 2 unspecified atom stereocenters. The van der Waals surface area contributed by atoms with Crippen LogP contribution in [-0.2, 0) is 9.59 Å². The predicted molar refractivity (Wildman–Crippen MR) is 50.6 cm³/mol. The first-order valence-electron chi connectivity index (χ1n) is 4.78. The van der Waals surface area contributed by atoms with Crippen molar-refractivity contribution in [3.05, 3.63) is 0 Å². The molecular formula is C9H16N2O3. The molecule has 0 aliphatic heterocycles. The van der Waals surface area contributed by atoms with E-state index in [0.717, 1.165) is 0 Å². The van der Waals surface area contributed by atoms with Gasteiger partial charge in [0.1, 0.15) is 0 Å². The molecule has 0 heterocycles. The van der Waals surface area contributed by atoms with Crippen molar-refractivity contribution in [2.24, 2.45) is 11.7 Å². The maximum absolute atomic E-state index is 11.1. The standard InChI is InChI=1S/C9H16N2O3/c1-2-11-7(12)3-4-9(10)5-6(9)8(13)14/h6H,2-5,10H2,1H3,(H,11,12)(H,13,14). The Hall–Kier alpha value is -1.10. The zero-order valence-corrected chi connectivity index (χ0v) is 8.25. The van der Waals surface area contributed by atoms with Crippen molar-refractivity contribution in [3.63, 3.8) is 0 Å². The summed E-state index contributed by atoms with van der Waals surface area (Å²) in [5, 5.41) is 11.3. The van der Waals surface area contributed by atoms with Gasteiger partial charge in [0.25, 0.3) is 0 Å². The number of carboxylic acids is 1. The summed E-state index contributed by atoms with van der Waals surface area (Å²) in [7, 11) is 0. The minimum atomic E-state index is -0.858. The van der Waals surface area contributed by atoms with E-state index >= 15 is 0 Å². The van der Waals surface area contributed by atoms with Crippen molar-refractivity contribution in [2.45, 2.75) is 31.7 Å². The molecule has 1 saturated carbocycles. The monoisotopic (exact) mass is 200 g/mol. The summed E-state index contributed by atoms with van der Waals surface area (Å²) < 4.78 is 0. The highest BCUT2D eigenvalue weighted by Crippen LogP contribution is 2.44. The van der Waals surface area contributed by atoms with E-state index in [4.69, 9.17) is 10.8 Å². The third-order valence-electron chi connectivity index (χ3n) is 2.61. The van der Waals surface area contributed by atoms with Crippen molar-refractivity contribution >= 4 is 11.9 Å². The van der Waals surface area contributed by atoms with Crippen LogP contribution in [0.3, 0.4) is 0 Å². The normalized spacial score (nSPS) is 29.7. The molecule has 1 fully saturated rings. The molecule has 14 heavy (non-hydrogen) atoms. The predicted octanol–water partition coefficient (Wildman–Crippen LogP) is -0.295. The Kier molecular flexibility index (Phi) is 3.10. The maximum atomic E-state index is 11.1. The number of amides is 1. The van der Waals surface area contributed by atoms with Gasteiger partial charge in [0.05, 0.1) is 5.92 Å². The van der Waals surface area contributed by atoms with Gasteiger partial charge in [-0.2, -0.15) is 0 Å². The molecule has 80 valence electrons. The minimum absolute atomic E-state index is 0.0617. The highest BCUT2D eigenvalue weighted by atomic mass is 16.4. The summed E-state index contributed by atoms with van der Waals surface area (Å²) in [5.74, 6) is -1.38. The second-order valence-corrected chi connectivity index (χ2v) is 3.78. The molecule has 0 aromatic rings. The van der Waals surface area contributed by atoms with Gasteiger partial charge in [0.2, 0.25) is 5.91 Å². The van der Waals surface area contributed by atoms with Gasteiger partial charge in [-0.15, -0.1) is 0 Å². The third kappa shape index (κ3) is 2.45. The van der Waals surface area contributed by atoms with Gasteiger partial charge >= 0.3 is 5.97 Å². The number of hydrogen-bond donors (Lipinski definition) is 3. The molecule has 0 radical (unpaired) electrons. The Labute approximate surface area is 82.7 Å². The van der Waals surface area contributed by atoms with Gasteiger partial charge in [-0.1, -0.05) is 0 Å². The van der Waals surface area contributed by atoms with Gasteiger partial charge < -0.3 is 16.2 Å². The topological polar surface area (TPSA) is 92.4 Å². The van der Waals surface area contributed by atoms with E-state index in [1.54, 1.807) is 0 Å². The van der Waals surface area contributed by atoms with E-state index in [9.17, 15) is 9.59 Å². The molecule has 0 aromatic carbocycles. The van der Waals surface area contributed by atoms with E-state index in [1.807, 2.05) is 6.92 Å². The van der Waals surface area contributed by atoms with Gasteiger partial charge in [0.15, 0.2) is 0 Å². The molecule has 1 rings (SSSR count). The fourth-order valence-electron chi connectivity index (χ4n) is 1.56. The quantitative estimate of drug-likeness (QED) is 0.568. The van der Waals surface area contributed by atoms with E-state index in [0.29, 0.717) is 25.8 Å². The maximum Gasteiger partial charge on any atom is 0.308 e. The zero-order valence-electron chi connectivity index (χ0n) is 8.25. The molecule has 1 amide bonds. The summed E-state index contributed by atoms with van der Waals surface area (Å²) in [4.78, 5) is 21.6. The summed E-state index contributed by atoms with van der Waals surface area (Å²) >= 11 is 0. The molecule has 1 aliphatic rings. The number of rotatable bonds is 5.